The van der Waals surface area contributed by atoms with Gasteiger partial charge in [-0.3, -0.25) is 0 Å². The fourth-order valence-corrected chi connectivity index (χ4v) is 1.83. The van der Waals surface area contributed by atoms with Crippen LogP contribution in [-0.2, 0) is 6.54 Å². The second-order valence-electron chi connectivity index (χ2n) is 4.66. The lowest BCUT2D eigenvalue weighted by atomic mass is 10.2. The van der Waals surface area contributed by atoms with Gasteiger partial charge in [0.2, 0.25) is 0 Å². The molecule has 20 heavy (non-hydrogen) atoms. The summed E-state index contributed by atoms with van der Waals surface area (Å²) in [5.41, 5.74) is 0.662. The van der Waals surface area contributed by atoms with E-state index in [2.05, 4.69) is 15.0 Å². The van der Waals surface area contributed by atoms with E-state index in [-0.39, 0.29) is 5.75 Å². The molecule has 0 saturated heterocycles. The zero-order valence-corrected chi connectivity index (χ0v) is 12.2. The molecule has 4 nitrogen and oxygen atoms in total. The highest BCUT2D eigenvalue weighted by Gasteiger charge is 2.14. The summed E-state index contributed by atoms with van der Waals surface area (Å²) < 4.78 is 34.5. The van der Waals surface area contributed by atoms with Crippen molar-refractivity contribution >= 4 is 0 Å². The summed E-state index contributed by atoms with van der Waals surface area (Å²) in [6.45, 7) is -0.611. The van der Waals surface area contributed by atoms with Gasteiger partial charge in [0.1, 0.15) is 0 Å². The first kappa shape index (κ1) is 16.7. The molecule has 0 bridgehead atoms. The first-order valence-electron chi connectivity index (χ1n) is 6.50. The number of halogens is 2. The lowest BCUT2D eigenvalue weighted by Crippen LogP contribution is -2.21. The van der Waals surface area contributed by atoms with Gasteiger partial charge in [0.05, 0.1) is 7.11 Å². The molecule has 0 spiro atoms. The van der Waals surface area contributed by atoms with Crippen LogP contribution in [0.5, 0.6) is 11.5 Å². The summed E-state index contributed by atoms with van der Waals surface area (Å²) in [7, 11) is 5.45. The highest BCUT2D eigenvalue weighted by atomic mass is 19.3. The number of hydrogen-bond acceptors (Lipinski definition) is 4. The predicted octanol–water partition coefficient (Wildman–Crippen LogP) is 2.34. The second-order valence-corrected chi connectivity index (χ2v) is 4.66. The monoisotopic (exact) mass is 288 g/mol. The summed E-state index contributed by atoms with van der Waals surface area (Å²) in [4.78, 5) is 2.10. The van der Waals surface area contributed by atoms with Crippen LogP contribution in [0.15, 0.2) is 18.2 Å². The van der Waals surface area contributed by atoms with Crippen LogP contribution in [0.2, 0.25) is 0 Å². The molecular formula is C14H22F2N2O2. The molecular weight excluding hydrogens is 266 g/mol. The molecule has 0 atom stereocenters. The average molecular weight is 288 g/mol. The Morgan fingerprint density at radius 3 is 2.65 bits per heavy atom. The van der Waals surface area contributed by atoms with Gasteiger partial charge >= 0.3 is 6.61 Å². The Morgan fingerprint density at radius 1 is 1.30 bits per heavy atom. The van der Waals surface area contributed by atoms with Gasteiger partial charge in [0.15, 0.2) is 11.5 Å². The maximum absolute atomic E-state index is 12.4. The average Bonchev–Trinajstić information content (AvgIpc) is 2.39. The molecule has 0 unspecified atom stereocenters. The highest BCUT2D eigenvalue weighted by molar-refractivity contribution is 5.46. The predicted molar refractivity (Wildman–Crippen MR) is 74.5 cm³/mol. The molecule has 0 aliphatic heterocycles. The van der Waals surface area contributed by atoms with Crippen molar-refractivity contribution in [2.45, 2.75) is 19.6 Å². The van der Waals surface area contributed by atoms with E-state index in [1.54, 1.807) is 18.2 Å². The van der Waals surface area contributed by atoms with Gasteiger partial charge in [-0.05, 0) is 39.7 Å². The van der Waals surface area contributed by atoms with E-state index in [0.29, 0.717) is 17.9 Å². The van der Waals surface area contributed by atoms with Gasteiger partial charge in [-0.25, -0.2) is 0 Å². The molecule has 1 aromatic carbocycles. The van der Waals surface area contributed by atoms with Gasteiger partial charge in [-0.15, -0.1) is 0 Å². The lowest BCUT2D eigenvalue weighted by Gasteiger charge is -2.15. The van der Waals surface area contributed by atoms with Gasteiger partial charge in [0.25, 0.3) is 0 Å². The smallest absolute Gasteiger partial charge is 0.387 e. The molecule has 0 fully saturated rings. The Hall–Kier alpha value is -1.40. The third-order valence-electron chi connectivity index (χ3n) is 2.76. The number of rotatable bonds is 9. The highest BCUT2D eigenvalue weighted by Crippen LogP contribution is 2.32. The van der Waals surface area contributed by atoms with E-state index >= 15 is 0 Å². The first-order chi connectivity index (χ1) is 9.54. The number of alkyl halides is 2. The van der Waals surface area contributed by atoms with Crippen molar-refractivity contribution in [1.82, 2.24) is 10.2 Å². The van der Waals surface area contributed by atoms with Crippen LogP contribution in [0.1, 0.15) is 12.0 Å². The third kappa shape index (κ3) is 5.71. The van der Waals surface area contributed by atoms with Crippen LogP contribution in [0.25, 0.3) is 0 Å². The van der Waals surface area contributed by atoms with Crippen molar-refractivity contribution in [2.75, 3.05) is 34.3 Å². The third-order valence-corrected chi connectivity index (χ3v) is 2.76. The lowest BCUT2D eigenvalue weighted by molar-refractivity contribution is -0.0518. The first-order valence-corrected chi connectivity index (χ1v) is 6.50. The Bertz CT molecular complexity index is 401. The van der Waals surface area contributed by atoms with Crippen molar-refractivity contribution in [3.05, 3.63) is 23.8 Å². The Balaban J connectivity index is 2.59. The molecule has 0 radical (unpaired) electrons. The van der Waals surface area contributed by atoms with Crippen molar-refractivity contribution in [2.24, 2.45) is 0 Å². The minimum absolute atomic E-state index is 0.102. The van der Waals surface area contributed by atoms with Crippen molar-refractivity contribution in [1.29, 1.82) is 0 Å². The molecule has 0 heterocycles. The Labute approximate surface area is 118 Å². The van der Waals surface area contributed by atoms with E-state index < -0.39 is 6.61 Å². The molecule has 1 aromatic rings. The summed E-state index contributed by atoms with van der Waals surface area (Å²) in [6.07, 6.45) is 0.988. The molecule has 0 aromatic heterocycles. The molecule has 114 valence electrons. The maximum Gasteiger partial charge on any atom is 0.387 e. The molecule has 0 aliphatic carbocycles. The fourth-order valence-electron chi connectivity index (χ4n) is 1.83. The Morgan fingerprint density at radius 2 is 2.05 bits per heavy atom. The number of methoxy groups -OCH3 is 1. The standard InChI is InChI=1S/C14H22F2N2O2/c1-18(2)9-5-8-17-10-11-6-4-7-12(19-3)13(11)20-14(15)16/h4,6-7,14,17H,5,8-10H2,1-3H3. The van der Waals surface area contributed by atoms with Crippen LogP contribution >= 0.6 is 0 Å². The van der Waals surface area contributed by atoms with Gasteiger partial charge < -0.3 is 19.7 Å². The fraction of sp³-hybridized carbons (Fsp3) is 0.571. The van der Waals surface area contributed by atoms with Crippen LogP contribution in [0, 0.1) is 0 Å². The van der Waals surface area contributed by atoms with Crippen molar-refractivity contribution in [3.8, 4) is 11.5 Å². The van der Waals surface area contributed by atoms with E-state index in [4.69, 9.17) is 4.74 Å². The van der Waals surface area contributed by atoms with Crippen LogP contribution < -0.4 is 14.8 Å². The molecule has 0 aliphatic rings. The van der Waals surface area contributed by atoms with E-state index in [9.17, 15) is 8.78 Å². The number of nitrogens with one attached hydrogen (secondary N) is 1. The van der Waals surface area contributed by atoms with Crippen molar-refractivity contribution < 1.29 is 18.3 Å². The zero-order chi connectivity index (χ0) is 15.0. The maximum atomic E-state index is 12.4. The van der Waals surface area contributed by atoms with E-state index in [1.165, 1.54) is 7.11 Å². The minimum atomic E-state index is -2.86. The number of nitrogens with zero attached hydrogens (tertiary/aromatic N) is 1. The van der Waals surface area contributed by atoms with E-state index in [1.807, 2.05) is 14.1 Å². The molecule has 0 amide bonds. The summed E-state index contributed by atoms with van der Waals surface area (Å²) in [5.74, 6) is 0.419. The quantitative estimate of drug-likeness (QED) is 0.707. The molecule has 1 N–H and O–H groups in total. The van der Waals surface area contributed by atoms with Gasteiger partial charge in [-0.1, -0.05) is 12.1 Å². The zero-order valence-electron chi connectivity index (χ0n) is 12.2. The van der Waals surface area contributed by atoms with Gasteiger partial charge in [0, 0.05) is 12.1 Å². The van der Waals surface area contributed by atoms with E-state index in [0.717, 1.165) is 19.5 Å². The molecule has 6 heteroatoms. The summed E-state index contributed by atoms with van der Waals surface area (Å²) in [5, 5.41) is 3.21. The van der Waals surface area contributed by atoms with Crippen molar-refractivity contribution in [3.63, 3.8) is 0 Å². The van der Waals surface area contributed by atoms with Gasteiger partial charge in [-0.2, -0.15) is 8.78 Å². The number of para-hydroxylation sites is 1. The summed E-state index contributed by atoms with van der Waals surface area (Å²) in [6, 6.07) is 5.11. The van der Waals surface area contributed by atoms with Crippen LogP contribution in [0.4, 0.5) is 8.78 Å². The normalized spacial score (nSPS) is 11.2. The molecule has 1 rings (SSSR count). The van der Waals surface area contributed by atoms with Crippen LogP contribution in [0.3, 0.4) is 0 Å². The van der Waals surface area contributed by atoms with Crippen LogP contribution in [-0.4, -0.2) is 45.8 Å². The second kappa shape index (κ2) is 8.71. The molecule has 0 saturated carbocycles. The SMILES string of the molecule is COc1cccc(CNCCCN(C)C)c1OC(F)F. The number of benzene rings is 1. The largest absolute Gasteiger partial charge is 0.493 e. The number of ether oxygens (including phenoxy) is 2. The Kier molecular flexibility index (Phi) is 7.25. The topological polar surface area (TPSA) is 33.7 Å². The summed E-state index contributed by atoms with van der Waals surface area (Å²) >= 11 is 0. The minimum Gasteiger partial charge on any atom is -0.493 e. The number of hydrogen-bond donors (Lipinski definition) is 1.